The van der Waals surface area contributed by atoms with E-state index in [1.807, 2.05) is 0 Å². The number of carbonyl (C=O) groups is 1. The molecular formula is C18H17F3O3S. The van der Waals surface area contributed by atoms with Gasteiger partial charge in [0.15, 0.2) is 6.10 Å². The second kappa shape index (κ2) is 8.29. The molecule has 2 aromatic rings. The number of hydrogen-bond donors (Lipinski definition) is 0. The van der Waals surface area contributed by atoms with Crippen molar-refractivity contribution in [1.29, 1.82) is 0 Å². The summed E-state index contributed by atoms with van der Waals surface area (Å²) in [6.07, 6.45) is -5.16. The van der Waals surface area contributed by atoms with Gasteiger partial charge in [-0.3, -0.25) is 0 Å². The number of benzene rings is 2. The van der Waals surface area contributed by atoms with E-state index in [4.69, 9.17) is 9.47 Å². The molecule has 2 aromatic carbocycles. The van der Waals surface area contributed by atoms with Crippen LogP contribution >= 0.6 is 11.8 Å². The molecule has 0 amide bonds. The second-order valence-electron chi connectivity index (χ2n) is 5.08. The van der Waals surface area contributed by atoms with E-state index >= 15 is 0 Å². The lowest BCUT2D eigenvalue weighted by molar-refractivity contribution is -0.150. The van der Waals surface area contributed by atoms with Gasteiger partial charge in [-0.05, 0) is 50.2 Å². The number of ether oxygens (including phenoxy) is 2. The van der Waals surface area contributed by atoms with Crippen molar-refractivity contribution in [2.45, 2.75) is 35.9 Å². The van der Waals surface area contributed by atoms with E-state index in [9.17, 15) is 18.0 Å². The summed E-state index contributed by atoms with van der Waals surface area (Å²) >= 11 is 1.02. The Morgan fingerprint density at radius 3 is 2.36 bits per heavy atom. The monoisotopic (exact) mass is 370 g/mol. The molecule has 7 heteroatoms. The standard InChI is InChI=1S/C18H17F3O3S/c1-3-23-17(22)12(2)24-13-8-10-14(11-9-13)25-16-7-5-4-6-15(16)18(19,20)21/h4-12H,3H2,1-2H3. The normalized spacial score (nSPS) is 12.5. The summed E-state index contributed by atoms with van der Waals surface area (Å²) in [5, 5.41) is 0. The topological polar surface area (TPSA) is 35.5 Å². The molecule has 0 aliphatic heterocycles. The maximum atomic E-state index is 13.0. The van der Waals surface area contributed by atoms with Gasteiger partial charge < -0.3 is 9.47 Å². The Morgan fingerprint density at radius 1 is 1.12 bits per heavy atom. The van der Waals surface area contributed by atoms with Crippen molar-refractivity contribution in [3.8, 4) is 5.75 Å². The van der Waals surface area contributed by atoms with Crippen LogP contribution in [-0.2, 0) is 15.7 Å². The minimum absolute atomic E-state index is 0.128. The van der Waals surface area contributed by atoms with Crippen molar-refractivity contribution in [3.63, 3.8) is 0 Å². The zero-order chi connectivity index (χ0) is 18.4. The molecule has 0 aliphatic rings. The van der Waals surface area contributed by atoms with Crippen LogP contribution in [0, 0.1) is 0 Å². The number of esters is 1. The zero-order valence-electron chi connectivity index (χ0n) is 13.7. The molecule has 0 radical (unpaired) electrons. The fraction of sp³-hybridized carbons (Fsp3) is 0.278. The predicted octanol–water partition coefficient (Wildman–Crippen LogP) is 5.19. The molecule has 0 heterocycles. The fourth-order valence-electron chi connectivity index (χ4n) is 2.01. The lowest BCUT2D eigenvalue weighted by Gasteiger charge is -2.14. The highest BCUT2D eigenvalue weighted by atomic mass is 32.2. The SMILES string of the molecule is CCOC(=O)C(C)Oc1ccc(Sc2ccccc2C(F)(F)F)cc1. The first kappa shape index (κ1) is 19.2. The van der Waals surface area contributed by atoms with Crippen LogP contribution in [0.15, 0.2) is 58.3 Å². The molecule has 1 unspecified atom stereocenters. The van der Waals surface area contributed by atoms with Gasteiger partial charge in [-0.2, -0.15) is 13.2 Å². The Kier molecular flexibility index (Phi) is 6.36. The van der Waals surface area contributed by atoms with Gasteiger partial charge in [-0.1, -0.05) is 23.9 Å². The van der Waals surface area contributed by atoms with Crippen LogP contribution in [0.2, 0.25) is 0 Å². The third kappa shape index (κ3) is 5.42. The predicted molar refractivity (Wildman–Crippen MR) is 88.7 cm³/mol. The van der Waals surface area contributed by atoms with Crippen LogP contribution in [0.1, 0.15) is 19.4 Å². The van der Waals surface area contributed by atoms with E-state index in [2.05, 4.69) is 0 Å². The van der Waals surface area contributed by atoms with Crippen LogP contribution in [-0.4, -0.2) is 18.7 Å². The van der Waals surface area contributed by atoms with Gasteiger partial charge >= 0.3 is 12.1 Å². The smallest absolute Gasteiger partial charge is 0.417 e. The summed E-state index contributed by atoms with van der Waals surface area (Å²) < 4.78 is 49.4. The average Bonchev–Trinajstić information content (AvgIpc) is 2.56. The minimum atomic E-state index is -4.40. The first-order valence-electron chi connectivity index (χ1n) is 7.58. The molecule has 0 N–H and O–H groups in total. The van der Waals surface area contributed by atoms with Gasteiger partial charge in [0.25, 0.3) is 0 Å². The number of hydrogen-bond acceptors (Lipinski definition) is 4. The van der Waals surface area contributed by atoms with E-state index in [-0.39, 0.29) is 11.5 Å². The van der Waals surface area contributed by atoms with Crippen molar-refractivity contribution in [2.24, 2.45) is 0 Å². The van der Waals surface area contributed by atoms with Crippen molar-refractivity contribution in [3.05, 3.63) is 54.1 Å². The van der Waals surface area contributed by atoms with Gasteiger partial charge in [-0.25, -0.2) is 4.79 Å². The molecule has 0 aromatic heterocycles. The van der Waals surface area contributed by atoms with Crippen LogP contribution in [0.5, 0.6) is 5.75 Å². The Bertz CT molecular complexity index is 714. The summed E-state index contributed by atoms with van der Waals surface area (Å²) in [5.74, 6) is -0.0333. The number of alkyl halides is 3. The Morgan fingerprint density at radius 2 is 1.76 bits per heavy atom. The lowest BCUT2D eigenvalue weighted by atomic mass is 10.2. The van der Waals surface area contributed by atoms with Gasteiger partial charge in [0.05, 0.1) is 12.2 Å². The van der Waals surface area contributed by atoms with Gasteiger partial charge in [-0.15, -0.1) is 0 Å². The van der Waals surface area contributed by atoms with E-state index in [0.29, 0.717) is 10.6 Å². The number of halogens is 3. The molecule has 0 bridgehead atoms. The van der Waals surface area contributed by atoms with Crippen LogP contribution in [0.3, 0.4) is 0 Å². The van der Waals surface area contributed by atoms with E-state index in [1.165, 1.54) is 12.1 Å². The summed E-state index contributed by atoms with van der Waals surface area (Å²) in [7, 11) is 0. The Balaban J connectivity index is 2.08. The molecule has 0 aliphatic carbocycles. The first-order valence-corrected chi connectivity index (χ1v) is 8.40. The average molecular weight is 370 g/mol. The number of carbonyl (C=O) groups excluding carboxylic acids is 1. The maximum absolute atomic E-state index is 13.0. The van der Waals surface area contributed by atoms with Gasteiger partial charge in [0.2, 0.25) is 0 Å². The highest BCUT2D eigenvalue weighted by Crippen LogP contribution is 2.39. The van der Waals surface area contributed by atoms with Crippen molar-refractivity contribution in [2.75, 3.05) is 6.61 Å². The molecule has 0 saturated heterocycles. The molecule has 1 atom stereocenters. The van der Waals surface area contributed by atoms with Crippen molar-refractivity contribution < 1.29 is 27.4 Å². The fourth-order valence-corrected chi connectivity index (χ4v) is 2.98. The summed E-state index contributed by atoms with van der Waals surface area (Å²) in [6.45, 7) is 3.54. The van der Waals surface area contributed by atoms with Crippen molar-refractivity contribution >= 4 is 17.7 Å². The second-order valence-corrected chi connectivity index (χ2v) is 6.19. The Hall–Kier alpha value is -2.15. The van der Waals surface area contributed by atoms with Gasteiger partial charge in [0, 0.05) is 9.79 Å². The van der Waals surface area contributed by atoms with Crippen molar-refractivity contribution in [1.82, 2.24) is 0 Å². The molecule has 0 fully saturated rings. The third-order valence-corrected chi connectivity index (χ3v) is 4.26. The molecule has 3 nitrogen and oxygen atoms in total. The molecule has 2 rings (SSSR count). The van der Waals surface area contributed by atoms with Gasteiger partial charge in [0.1, 0.15) is 5.75 Å². The summed E-state index contributed by atoms with van der Waals surface area (Å²) in [6, 6.07) is 11.9. The minimum Gasteiger partial charge on any atom is -0.479 e. The van der Waals surface area contributed by atoms with E-state index < -0.39 is 23.8 Å². The summed E-state index contributed by atoms with van der Waals surface area (Å²) in [4.78, 5) is 12.3. The lowest BCUT2D eigenvalue weighted by Crippen LogP contribution is -2.25. The quantitative estimate of drug-likeness (QED) is 0.656. The molecule has 25 heavy (non-hydrogen) atoms. The zero-order valence-corrected chi connectivity index (χ0v) is 14.5. The number of rotatable bonds is 6. The van der Waals surface area contributed by atoms with Crippen LogP contribution in [0.25, 0.3) is 0 Å². The molecule has 134 valence electrons. The van der Waals surface area contributed by atoms with Crippen LogP contribution < -0.4 is 4.74 Å². The van der Waals surface area contributed by atoms with Crippen LogP contribution in [0.4, 0.5) is 13.2 Å². The Labute approximate surface area is 148 Å². The summed E-state index contributed by atoms with van der Waals surface area (Å²) in [5.41, 5.74) is -0.670. The largest absolute Gasteiger partial charge is 0.479 e. The third-order valence-electron chi connectivity index (χ3n) is 3.18. The molecule has 0 saturated carbocycles. The molecular weight excluding hydrogens is 353 g/mol. The highest BCUT2D eigenvalue weighted by Gasteiger charge is 2.33. The highest BCUT2D eigenvalue weighted by molar-refractivity contribution is 7.99. The first-order chi connectivity index (χ1) is 11.8. The maximum Gasteiger partial charge on any atom is 0.417 e. The van der Waals surface area contributed by atoms with E-state index in [0.717, 1.165) is 17.8 Å². The van der Waals surface area contributed by atoms with E-state index in [1.54, 1.807) is 44.2 Å². The molecule has 0 spiro atoms.